The lowest BCUT2D eigenvalue weighted by molar-refractivity contribution is 0.00818. The fourth-order valence-corrected chi connectivity index (χ4v) is 2.97. The summed E-state index contributed by atoms with van der Waals surface area (Å²) >= 11 is 0. The zero-order valence-electron chi connectivity index (χ0n) is 14.4. The summed E-state index contributed by atoms with van der Waals surface area (Å²) in [5.74, 6) is 0.0809. The Hall–Kier alpha value is -1.80. The summed E-state index contributed by atoms with van der Waals surface area (Å²) in [5.41, 5.74) is 1.36. The molecule has 1 aliphatic rings. The number of nitrogens with zero attached hydrogens (tertiary/aromatic N) is 3. The van der Waals surface area contributed by atoms with Crippen molar-refractivity contribution in [1.29, 1.82) is 0 Å². The molecule has 0 aliphatic carbocycles. The second-order valence-electron chi connectivity index (χ2n) is 6.42. The number of hydrogen-bond donors (Lipinski definition) is 1. The molecule has 2 heterocycles. The van der Waals surface area contributed by atoms with Crippen LogP contribution in [0.5, 0.6) is 0 Å². The number of ether oxygens (including phenoxy) is 1. The highest BCUT2D eigenvalue weighted by Crippen LogP contribution is 2.19. The molecule has 1 aromatic carbocycles. The van der Waals surface area contributed by atoms with Crippen molar-refractivity contribution in [3.8, 4) is 11.5 Å². The van der Waals surface area contributed by atoms with Crippen molar-refractivity contribution in [3.63, 3.8) is 0 Å². The SMILES string of the molecule is CN(Cc1coc(-c2cccc(F)c2)n1)CC(O)CN1CCOCC1. The maximum atomic E-state index is 13.3. The van der Waals surface area contributed by atoms with Crippen molar-refractivity contribution in [3.05, 3.63) is 42.0 Å². The molecule has 7 heteroatoms. The van der Waals surface area contributed by atoms with Crippen LogP contribution in [0, 0.1) is 5.82 Å². The van der Waals surface area contributed by atoms with Gasteiger partial charge in [-0.25, -0.2) is 9.37 Å². The Morgan fingerprint density at radius 1 is 1.36 bits per heavy atom. The van der Waals surface area contributed by atoms with E-state index in [9.17, 15) is 9.50 Å². The van der Waals surface area contributed by atoms with E-state index in [0.29, 0.717) is 31.1 Å². The molecular formula is C18H24FN3O3. The predicted octanol–water partition coefficient (Wildman–Crippen LogP) is 1.61. The minimum absolute atomic E-state index is 0.319. The first-order valence-electron chi connectivity index (χ1n) is 8.47. The van der Waals surface area contributed by atoms with E-state index in [-0.39, 0.29) is 5.82 Å². The van der Waals surface area contributed by atoms with E-state index >= 15 is 0 Å². The van der Waals surface area contributed by atoms with Crippen LogP contribution < -0.4 is 0 Å². The van der Waals surface area contributed by atoms with Crippen LogP contribution in [-0.2, 0) is 11.3 Å². The first-order valence-corrected chi connectivity index (χ1v) is 8.47. The number of aliphatic hydroxyl groups excluding tert-OH is 1. The summed E-state index contributed by atoms with van der Waals surface area (Å²) in [6, 6.07) is 6.17. The van der Waals surface area contributed by atoms with Crippen LogP contribution in [0.4, 0.5) is 4.39 Å². The number of likely N-dealkylation sites (N-methyl/N-ethyl adjacent to an activating group) is 1. The number of aliphatic hydroxyl groups is 1. The Kier molecular flexibility index (Phi) is 6.14. The van der Waals surface area contributed by atoms with Crippen LogP contribution in [0.1, 0.15) is 5.69 Å². The fourth-order valence-electron chi connectivity index (χ4n) is 2.97. The monoisotopic (exact) mass is 349 g/mol. The van der Waals surface area contributed by atoms with Crippen LogP contribution in [0.3, 0.4) is 0 Å². The predicted molar refractivity (Wildman–Crippen MR) is 91.5 cm³/mol. The van der Waals surface area contributed by atoms with Gasteiger partial charge in [0.15, 0.2) is 0 Å². The van der Waals surface area contributed by atoms with Gasteiger partial charge in [0.05, 0.1) is 25.0 Å². The Balaban J connectivity index is 1.50. The van der Waals surface area contributed by atoms with Gasteiger partial charge in [-0.15, -0.1) is 0 Å². The highest BCUT2D eigenvalue weighted by atomic mass is 19.1. The number of oxazole rings is 1. The van der Waals surface area contributed by atoms with E-state index in [2.05, 4.69) is 9.88 Å². The van der Waals surface area contributed by atoms with Gasteiger partial charge in [0.1, 0.15) is 12.1 Å². The minimum Gasteiger partial charge on any atom is -0.444 e. The van der Waals surface area contributed by atoms with Gasteiger partial charge in [-0.2, -0.15) is 0 Å². The van der Waals surface area contributed by atoms with Crippen LogP contribution in [0.2, 0.25) is 0 Å². The minimum atomic E-state index is -0.433. The topological polar surface area (TPSA) is 62.0 Å². The number of morpholine rings is 1. The molecule has 1 atom stereocenters. The molecular weight excluding hydrogens is 325 g/mol. The summed E-state index contributed by atoms with van der Waals surface area (Å²) in [6.45, 7) is 4.91. The first-order chi connectivity index (χ1) is 12.1. The van der Waals surface area contributed by atoms with E-state index in [1.165, 1.54) is 12.1 Å². The molecule has 136 valence electrons. The van der Waals surface area contributed by atoms with Crippen LogP contribution in [0.15, 0.2) is 34.9 Å². The van der Waals surface area contributed by atoms with Crippen molar-refractivity contribution in [2.75, 3.05) is 46.4 Å². The number of aromatic nitrogens is 1. The quantitative estimate of drug-likeness (QED) is 0.819. The standard InChI is InChI=1S/C18H24FN3O3/c1-21(11-17(23)12-22-5-7-24-8-6-22)10-16-13-25-18(20-16)14-3-2-4-15(19)9-14/h2-4,9,13,17,23H,5-8,10-12H2,1H3. The maximum Gasteiger partial charge on any atom is 0.226 e. The van der Waals surface area contributed by atoms with Crippen molar-refractivity contribution < 1.29 is 18.7 Å². The lowest BCUT2D eigenvalue weighted by atomic mass is 10.2. The lowest BCUT2D eigenvalue weighted by Crippen LogP contribution is -2.43. The third kappa shape index (κ3) is 5.34. The largest absolute Gasteiger partial charge is 0.444 e. The third-order valence-corrected chi connectivity index (χ3v) is 4.15. The molecule has 0 amide bonds. The first kappa shape index (κ1) is 18.0. The van der Waals surface area contributed by atoms with Gasteiger partial charge in [-0.1, -0.05) is 6.07 Å². The van der Waals surface area contributed by atoms with Gasteiger partial charge in [-0.05, 0) is 25.2 Å². The molecule has 6 nitrogen and oxygen atoms in total. The highest BCUT2D eigenvalue weighted by molar-refractivity contribution is 5.52. The van der Waals surface area contributed by atoms with Gasteiger partial charge in [-0.3, -0.25) is 9.80 Å². The Morgan fingerprint density at radius 3 is 2.92 bits per heavy atom. The van der Waals surface area contributed by atoms with E-state index < -0.39 is 6.10 Å². The molecule has 0 spiro atoms. The summed E-state index contributed by atoms with van der Waals surface area (Å²) in [6.07, 6.45) is 1.14. The lowest BCUT2D eigenvalue weighted by Gasteiger charge is -2.29. The van der Waals surface area contributed by atoms with Gasteiger partial charge < -0.3 is 14.3 Å². The molecule has 1 aliphatic heterocycles. The van der Waals surface area contributed by atoms with Gasteiger partial charge in [0.25, 0.3) is 0 Å². The van der Waals surface area contributed by atoms with Crippen molar-refractivity contribution >= 4 is 0 Å². The molecule has 25 heavy (non-hydrogen) atoms. The smallest absolute Gasteiger partial charge is 0.226 e. The van der Waals surface area contributed by atoms with E-state index in [1.807, 2.05) is 11.9 Å². The van der Waals surface area contributed by atoms with Crippen LogP contribution in [0.25, 0.3) is 11.5 Å². The fraction of sp³-hybridized carbons (Fsp3) is 0.500. The molecule has 1 fully saturated rings. The number of benzene rings is 1. The molecule has 0 radical (unpaired) electrons. The number of β-amino-alcohol motifs (C(OH)–C–C–N with tert-alkyl or cyclic N) is 1. The zero-order chi connectivity index (χ0) is 17.6. The molecule has 0 saturated carbocycles. The van der Waals surface area contributed by atoms with E-state index in [0.717, 1.165) is 32.0 Å². The molecule has 0 bridgehead atoms. The molecule has 3 rings (SSSR count). The average molecular weight is 349 g/mol. The Labute approximate surface area is 146 Å². The molecule has 1 unspecified atom stereocenters. The highest BCUT2D eigenvalue weighted by Gasteiger charge is 2.17. The van der Waals surface area contributed by atoms with Crippen molar-refractivity contribution in [1.82, 2.24) is 14.8 Å². The average Bonchev–Trinajstić information content (AvgIpc) is 3.04. The zero-order valence-corrected chi connectivity index (χ0v) is 14.4. The summed E-state index contributed by atoms with van der Waals surface area (Å²) in [7, 11) is 1.93. The summed E-state index contributed by atoms with van der Waals surface area (Å²) < 4.78 is 24.0. The maximum absolute atomic E-state index is 13.3. The summed E-state index contributed by atoms with van der Waals surface area (Å²) in [5, 5.41) is 10.3. The Bertz CT molecular complexity index is 673. The van der Waals surface area contributed by atoms with Crippen LogP contribution in [-0.4, -0.2) is 72.4 Å². The third-order valence-electron chi connectivity index (χ3n) is 4.15. The Morgan fingerprint density at radius 2 is 2.16 bits per heavy atom. The molecule has 2 aromatic rings. The van der Waals surface area contributed by atoms with E-state index in [4.69, 9.17) is 9.15 Å². The number of hydrogen-bond acceptors (Lipinski definition) is 6. The van der Waals surface area contributed by atoms with Gasteiger partial charge in [0.2, 0.25) is 5.89 Å². The molecule has 1 aromatic heterocycles. The van der Waals surface area contributed by atoms with Crippen molar-refractivity contribution in [2.24, 2.45) is 0 Å². The normalized spacial score (nSPS) is 17.1. The number of halogens is 1. The molecule has 1 saturated heterocycles. The van der Waals surface area contributed by atoms with E-state index in [1.54, 1.807) is 18.4 Å². The van der Waals surface area contributed by atoms with Crippen molar-refractivity contribution in [2.45, 2.75) is 12.6 Å². The molecule has 1 N–H and O–H groups in total. The number of rotatable bonds is 7. The second-order valence-corrected chi connectivity index (χ2v) is 6.42. The second kappa shape index (κ2) is 8.53. The summed E-state index contributed by atoms with van der Waals surface area (Å²) in [4.78, 5) is 8.61. The van der Waals surface area contributed by atoms with Gasteiger partial charge >= 0.3 is 0 Å². The van der Waals surface area contributed by atoms with Gasteiger partial charge in [0, 0.05) is 38.3 Å². The van der Waals surface area contributed by atoms with Crippen LogP contribution >= 0.6 is 0 Å².